The van der Waals surface area contributed by atoms with Gasteiger partial charge in [0.15, 0.2) is 0 Å². The van der Waals surface area contributed by atoms with Crippen LogP contribution in [-0.2, 0) is 0 Å². The number of benzene rings is 1. The fraction of sp³-hybridized carbons (Fsp3) is 0.538. The molecule has 1 nitrogen and oxygen atoms in total. The van der Waals surface area contributed by atoms with E-state index in [1.165, 1.54) is 24.8 Å². The first-order chi connectivity index (χ1) is 7.72. The van der Waals surface area contributed by atoms with Gasteiger partial charge in [-0.2, -0.15) is 0 Å². The number of hydrogen-bond acceptors (Lipinski definition) is 1. The summed E-state index contributed by atoms with van der Waals surface area (Å²) in [6.07, 6.45) is 4.08. The summed E-state index contributed by atoms with van der Waals surface area (Å²) in [5, 5.41) is 4.46. The van der Waals surface area contributed by atoms with Gasteiger partial charge in [0.2, 0.25) is 0 Å². The summed E-state index contributed by atoms with van der Waals surface area (Å²) in [5.74, 6) is 0.802. The van der Waals surface area contributed by atoms with Crippen LogP contribution in [0, 0.1) is 9.49 Å². The monoisotopic (exact) mass is 349 g/mol. The van der Waals surface area contributed by atoms with Gasteiger partial charge in [0.25, 0.3) is 0 Å². The lowest BCUT2D eigenvalue weighted by Gasteiger charge is -2.34. The van der Waals surface area contributed by atoms with E-state index in [0.29, 0.717) is 6.04 Å². The van der Waals surface area contributed by atoms with Gasteiger partial charge in [-0.05, 0) is 65.6 Å². The molecule has 1 aromatic rings. The predicted molar refractivity (Wildman–Crippen MR) is 77.9 cm³/mol. The van der Waals surface area contributed by atoms with E-state index in [-0.39, 0.29) is 0 Å². The Morgan fingerprint density at radius 2 is 2.25 bits per heavy atom. The molecule has 0 bridgehead atoms. The Kier molecular flexibility index (Phi) is 4.50. The quantitative estimate of drug-likeness (QED) is 0.795. The Bertz CT molecular complexity index is 363. The molecule has 0 aromatic heterocycles. The molecule has 88 valence electrons. The number of nitrogens with one attached hydrogen (secondary N) is 1. The van der Waals surface area contributed by atoms with Crippen LogP contribution >= 0.6 is 34.2 Å². The third-order valence-electron chi connectivity index (χ3n) is 3.35. The van der Waals surface area contributed by atoms with Crippen molar-refractivity contribution in [2.24, 2.45) is 5.92 Å². The molecule has 1 aromatic carbocycles. The topological polar surface area (TPSA) is 12.0 Å². The molecule has 0 amide bonds. The second kappa shape index (κ2) is 5.69. The fourth-order valence-corrected chi connectivity index (χ4v) is 2.78. The molecular weight excluding hydrogens is 333 g/mol. The highest BCUT2D eigenvalue weighted by atomic mass is 127. The molecular formula is C13H17ClIN. The van der Waals surface area contributed by atoms with Crippen molar-refractivity contribution in [3.63, 3.8) is 0 Å². The van der Waals surface area contributed by atoms with Crippen molar-refractivity contribution < 1.29 is 0 Å². The van der Waals surface area contributed by atoms with Gasteiger partial charge in [0.05, 0.1) is 5.02 Å². The van der Waals surface area contributed by atoms with Crippen LogP contribution in [0.3, 0.4) is 0 Å². The van der Waals surface area contributed by atoms with Crippen molar-refractivity contribution in [3.8, 4) is 0 Å². The van der Waals surface area contributed by atoms with Gasteiger partial charge < -0.3 is 5.32 Å². The van der Waals surface area contributed by atoms with Crippen LogP contribution in [-0.4, -0.2) is 6.54 Å². The first kappa shape index (κ1) is 12.7. The molecule has 0 aliphatic heterocycles. The summed E-state index contributed by atoms with van der Waals surface area (Å²) in [6, 6.07) is 6.93. The number of hydrogen-bond donors (Lipinski definition) is 1. The second-order valence-electron chi connectivity index (χ2n) is 4.40. The highest BCUT2D eigenvalue weighted by Crippen LogP contribution is 2.38. The van der Waals surface area contributed by atoms with Gasteiger partial charge in [-0.1, -0.05) is 31.0 Å². The minimum absolute atomic E-state index is 0.494. The highest BCUT2D eigenvalue weighted by molar-refractivity contribution is 14.1. The summed E-state index contributed by atoms with van der Waals surface area (Å²) < 4.78 is 1.13. The van der Waals surface area contributed by atoms with Crippen LogP contribution in [0.25, 0.3) is 0 Å². The van der Waals surface area contributed by atoms with E-state index in [4.69, 9.17) is 11.6 Å². The maximum absolute atomic E-state index is 6.19. The molecule has 1 unspecified atom stereocenters. The molecule has 0 spiro atoms. The highest BCUT2D eigenvalue weighted by Gasteiger charge is 2.27. The Hall–Kier alpha value is 0.200. The smallest absolute Gasteiger partial charge is 0.0542 e. The Morgan fingerprint density at radius 3 is 2.75 bits per heavy atom. The van der Waals surface area contributed by atoms with Crippen molar-refractivity contribution in [2.45, 2.75) is 32.2 Å². The zero-order chi connectivity index (χ0) is 11.5. The molecule has 0 radical (unpaired) electrons. The summed E-state index contributed by atoms with van der Waals surface area (Å²) in [7, 11) is 0. The van der Waals surface area contributed by atoms with Gasteiger partial charge in [-0.3, -0.25) is 0 Å². The first-order valence-electron chi connectivity index (χ1n) is 5.90. The molecule has 1 aliphatic carbocycles. The molecule has 3 heteroatoms. The van der Waals surface area contributed by atoms with Crippen molar-refractivity contribution in [1.82, 2.24) is 5.32 Å². The van der Waals surface area contributed by atoms with Gasteiger partial charge in [0, 0.05) is 9.61 Å². The second-order valence-corrected chi connectivity index (χ2v) is 5.97. The minimum atomic E-state index is 0.494. The summed E-state index contributed by atoms with van der Waals surface area (Å²) >= 11 is 8.46. The van der Waals surface area contributed by atoms with Crippen molar-refractivity contribution in [1.29, 1.82) is 0 Å². The molecule has 0 saturated heterocycles. The number of halogens is 2. The third-order valence-corrected chi connectivity index (χ3v) is 4.92. The normalized spacial score (nSPS) is 18.2. The SMILES string of the molecule is CCNC(c1ccc(I)c(Cl)c1)C1CCC1. The lowest BCUT2D eigenvalue weighted by molar-refractivity contribution is 0.233. The van der Waals surface area contributed by atoms with Crippen LogP contribution < -0.4 is 5.32 Å². The average molecular weight is 350 g/mol. The van der Waals surface area contributed by atoms with E-state index < -0.39 is 0 Å². The van der Waals surface area contributed by atoms with E-state index in [2.05, 4.69) is 53.0 Å². The Morgan fingerprint density at radius 1 is 1.50 bits per heavy atom. The van der Waals surface area contributed by atoms with Crippen LogP contribution in [0.2, 0.25) is 5.02 Å². The van der Waals surface area contributed by atoms with E-state index in [9.17, 15) is 0 Å². The Labute approximate surface area is 116 Å². The largest absolute Gasteiger partial charge is 0.310 e. The fourth-order valence-electron chi connectivity index (χ4n) is 2.26. The Balaban J connectivity index is 2.20. The first-order valence-corrected chi connectivity index (χ1v) is 7.36. The lowest BCUT2D eigenvalue weighted by atomic mass is 9.77. The third kappa shape index (κ3) is 2.71. The van der Waals surface area contributed by atoms with Crippen molar-refractivity contribution >= 4 is 34.2 Å². The van der Waals surface area contributed by atoms with Crippen LogP contribution in [0.5, 0.6) is 0 Å². The van der Waals surface area contributed by atoms with Crippen LogP contribution in [0.15, 0.2) is 18.2 Å². The van der Waals surface area contributed by atoms with Crippen LogP contribution in [0.4, 0.5) is 0 Å². The maximum atomic E-state index is 6.19. The van der Waals surface area contributed by atoms with Crippen molar-refractivity contribution in [3.05, 3.63) is 32.4 Å². The zero-order valence-electron chi connectivity index (χ0n) is 9.47. The summed E-state index contributed by atoms with van der Waals surface area (Å²) in [4.78, 5) is 0. The summed E-state index contributed by atoms with van der Waals surface area (Å²) in [5.41, 5.74) is 1.34. The van der Waals surface area contributed by atoms with Gasteiger partial charge >= 0.3 is 0 Å². The molecule has 1 N–H and O–H groups in total. The molecule has 0 heterocycles. The lowest BCUT2D eigenvalue weighted by Crippen LogP contribution is -2.32. The minimum Gasteiger partial charge on any atom is -0.310 e. The van der Waals surface area contributed by atoms with E-state index in [0.717, 1.165) is 21.1 Å². The average Bonchev–Trinajstić information content (AvgIpc) is 2.19. The van der Waals surface area contributed by atoms with Crippen molar-refractivity contribution in [2.75, 3.05) is 6.54 Å². The molecule has 1 aliphatic rings. The standard InChI is InChI=1S/C13H17ClIN/c1-2-16-13(9-4-3-5-9)10-6-7-12(15)11(14)8-10/h6-9,13,16H,2-5H2,1H3. The molecule has 16 heavy (non-hydrogen) atoms. The van der Waals surface area contributed by atoms with Gasteiger partial charge in [0.1, 0.15) is 0 Å². The summed E-state index contributed by atoms with van der Waals surface area (Å²) in [6.45, 7) is 3.19. The van der Waals surface area contributed by atoms with E-state index in [1.807, 2.05) is 0 Å². The molecule has 1 atom stereocenters. The van der Waals surface area contributed by atoms with Gasteiger partial charge in [-0.15, -0.1) is 0 Å². The zero-order valence-corrected chi connectivity index (χ0v) is 12.4. The van der Waals surface area contributed by atoms with Gasteiger partial charge in [-0.25, -0.2) is 0 Å². The van der Waals surface area contributed by atoms with E-state index >= 15 is 0 Å². The predicted octanol–water partition coefficient (Wildman–Crippen LogP) is 4.40. The molecule has 2 rings (SSSR count). The van der Waals surface area contributed by atoms with Crippen LogP contribution in [0.1, 0.15) is 37.8 Å². The molecule has 1 saturated carbocycles. The van der Waals surface area contributed by atoms with E-state index in [1.54, 1.807) is 0 Å². The maximum Gasteiger partial charge on any atom is 0.0542 e. The molecule has 1 fully saturated rings. The number of rotatable bonds is 4.